The number of fused-ring (bicyclic) bond motifs is 1. The predicted octanol–water partition coefficient (Wildman–Crippen LogP) is 4.48. The number of carbonyl (C=O) groups is 2. The topological polar surface area (TPSA) is 68.5 Å². The van der Waals surface area contributed by atoms with Crippen molar-refractivity contribution in [3.05, 3.63) is 62.7 Å². The van der Waals surface area contributed by atoms with Crippen LogP contribution in [-0.2, 0) is 16.0 Å². The van der Waals surface area contributed by atoms with Gasteiger partial charge in [0, 0.05) is 21.1 Å². The van der Waals surface area contributed by atoms with Crippen molar-refractivity contribution in [1.82, 2.24) is 4.57 Å². The monoisotopic (exact) mass is 435 g/mol. The number of phenols is 1. The van der Waals surface area contributed by atoms with Crippen LogP contribution in [0.1, 0.15) is 21.6 Å². The molecule has 0 radical (unpaired) electrons. The maximum atomic E-state index is 13.1. The fourth-order valence-corrected chi connectivity index (χ4v) is 3.33. The van der Waals surface area contributed by atoms with Crippen LogP contribution in [0.25, 0.3) is 10.9 Å². The maximum Gasteiger partial charge on any atom is 0.310 e. The molecule has 26 heavy (non-hydrogen) atoms. The Labute approximate surface area is 163 Å². The van der Waals surface area contributed by atoms with Crippen molar-refractivity contribution in [2.45, 2.75) is 13.3 Å². The molecule has 3 aromatic rings. The van der Waals surface area contributed by atoms with Crippen LogP contribution in [0, 0.1) is 6.92 Å². The third kappa shape index (κ3) is 3.22. The highest BCUT2D eigenvalue weighted by atomic mass is 79.9. The van der Waals surface area contributed by atoms with Crippen LogP contribution in [0.4, 0.5) is 0 Å². The van der Waals surface area contributed by atoms with Crippen molar-refractivity contribution in [2.24, 2.45) is 0 Å². The summed E-state index contributed by atoms with van der Waals surface area (Å²) in [5.74, 6) is -0.797. The molecule has 0 aliphatic carbocycles. The number of ether oxygens (including phenoxy) is 1. The molecule has 3 rings (SSSR count). The van der Waals surface area contributed by atoms with Gasteiger partial charge < -0.3 is 9.84 Å². The van der Waals surface area contributed by atoms with Gasteiger partial charge in [-0.25, -0.2) is 0 Å². The van der Waals surface area contributed by atoms with Crippen LogP contribution in [0.2, 0.25) is 5.02 Å². The smallest absolute Gasteiger partial charge is 0.310 e. The Morgan fingerprint density at radius 3 is 2.50 bits per heavy atom. The van der Waals surface area contributed by atoms with Gasteiger partial charge in [-0.3, -0.25) is 14.2 Å². The van der Waals surface area contributed by atoms with E-state index in [9.17, 15) is 14.7 Å². The largest absolute Gasteiger partial charge is 0.506 e. The second-order valence-electron chi connectivity index (χ2n) is 5.79. The van der Waals surface area contributed by atoms with E-state index in [0.717, 1.165) is 4.47 Å². The molecule has 1 heterocycles. The summed E-state index contributed by atoms with van der Waals surface area (Å²) >= 11 is 9.40. The standard InChI is InChI=1S/C19H15BrClNO4/c1-10-13(8-18(24)26-2)14-7-17(23)15(21)9-16(14)22(10)19(25)11-3-5-12(20)6-4-11/h3-7,9,23H,8H2,1-2H3. The molecule has 1 aromatic heterocycles. The average Bonchev–Trinajstić information content (AvgIpc) is 2.87. The average molecular weight is 437 g/mol. The highest BCUT2D eigenvalue weighted by molar-refractivity contribution is 9.10. The van der Waals surface area contributed by atoms with E-state index < -0.39 is 5.97 Å². The summed E-state index contributed by atoms with van der Waals surface area (Å²) in [6.45, 7) is 1.75. The van der Waals surface area contributed by atoms with Gasteiger partial charge in [0.15, 0.2) is 0 Å². The Hall–Kier alpha value is -2.31. The lowest BCUT2D eigenvalue weighted by Gasteiger charge is -2.08. The van der Waals surface area contributed by atoms with Crippen LogP contribution < -0.4 is 0 Å². The number of methoxy groups -OCH3 is 1. The number of esters is 1. The number of hydrogen-bond donors (Lipinski definition) is 1. The van der Waals surface area contributed by atoms with Gasteiger partial charge in [-0.05, 0) is 48.9 Å². The zero-order valence-electron chi connectivity index (χ0n) is 14.0. The molecule has 134 valence electrons. The van der Waals surface area contributed by atoms with E-state index in [2.05, 4.69) is 15.9 Å². The van der Waals surface area contributed by atoms with E-state index in [1.54, 1.807) is 31.2 Å². The van der Waals surface area contributed by atoms with Crippen molar-refractivity contribution in [3.8, 4) is 5.75 Å². The molecule has 0 aliphatic rings. The lowest BCUT2D eigenvalue weighted by Crippen LogP contribution is -2.14. The van der Waals surface area contributed by atoms with Gasteiger partial charge in [0.25, 0.3) is 5.91 Å². The molecule has 0 bridgehead atoms. The normalized spacial score (nSPS) is 10.9. The highest BCUT2D eigenvalue weighted by Gasteiger charge is 2.23. The first-order chi connectivity index (χ1) is 12.3. The number of rotatable bonds is 3. The first-order valence-corrected chi connectivity index (χ1v) is 8.90. The molecule has 0 aliphatic heterocycles. The van der Waals surface area contributed by atoms with Crippen molar-refractivity contribution >= 4 is 50.3 Å². The van der Waals surface area contributed by atoms with Gasteiger partial charge in [0.1, 0.15) is 5.75 Å². The van der Waals surface area contributed by atoms with Gasteiger partial charge in [0.2, 0.25) is 0 Å². The fraction of sp³-hybridized carbons (Fsp3) is 0.158. The number of halogens is 2. The molecule has 2 aromatic carbocycles. The van der Waals surface area contributed by atoms with E-state index in [1.807, 2.05) is 0 Å². The Balaban J connectivity index is 2.25. The number of benzene rings is 2. The van der Waals surface area contributed by atoms with Crippen molar-refractivity contribution in [3.63, 3.8) is 0 Å². The number of nitrogens with zero attached hydrogens (tertiary/aromatic N) is 1. The van der Waals surface area contributed by atoms with Crippen LogP contribution in [-0.4, -0.2) is 28.7 Å². The minimum Gasteiger partial charge on any atom is -0.506 e. The van der Waals surface area contributed by atoms with Gasteiger partial charge in [0.05, 0.1) is 24.1 Å². The van der Waals surface area contributed by atoms with Crippen LogP contribution in [0.3, 0.4) is 0 Å². The lowest BCUT2D eigenvalue weighted by atomic mass is 10.1. The molecule has 1 N–H and O–H groups in total. The van der Waals surface area contributed by atoms with E-state index in [1.165, 1.54) is 23.8 Å². The summed E-state index contributed by atoms with van der Waals surface area (Å²) in [7, 11) is 1.30. The number of hydrogen-bond acceptors (Lipinski definition) is 4. The Kier molecular flexibility index (Phi) is 5.07. The molecule has 5 nitrogen and oxygen atoms in total. The first kappa shape index (κ1) is 18.5. The molecule has 0 spiro atoms. The van der Waals surface area contributed by atoms with Gasteiger partial charge in [-0.2, -0.15) is 0 Å². The van der Waals surface area contributed by atoms with Gasteiger partial charge in [-0.15, -0.1) is 0 Å². The summed E-state index contributed by atoms with van der Waals surface area (Å²) in [5.41, 5.74) is 2.23. The zero-order valence-corrected chi connectivity index (χ0v) is 16.4. The zero-order chi connectivity index (χ0) is 19.0. The van der Waals surface area contributed by atoms with E-state index in [-0.39, 0.29) is 23.1 Å². The fourth-order valence-electron chi connectivity index (χ4n) is 2.91. The number of phenolic OH excluding ortho intramolecular Hbond substituents is 1. The summed E-state index contributed by atoms with van der Waals surface area (Å²) in [6.07, 6.45) is -0.0134. The second-order valence-corrected chi connectivity index (χ2v) is 7.11. The predicted molar refractivity (Wildman–Crippen MR) is 103 cm³/mol. The Morgan fingerprint density at radius 2 is 1.88 bits per heavy atom. The minimum absolute atomic E-state index is 0.0134. The molecular formula is C19H15BrClNO4. The molecule has 7 heteroatoms. The SMILES string of the molecule is COC(=O)Cc1c(C)n(C(=O)c2ccc(Br)cc2)c2cc(Cl)c(O)cc12. The van der Waals surface area contributed by atoms with Crippen molar-refractivity contribution < 1.29 is 19.4 Å². The summed E-state index contributed by atoms with van der Waals surface area (Å²) in [6, 6.07) is 9.97. The quantitative estimate of drug-likeness (QED) is 0.615. The van der Waals surface area contributed by atoms with Crippen molar-refractivity contribution in [2.75, 3.05) is 7.11 Å². The van der Waals surface area contributed by atoms with E-state index in [4.69, 9.17) is 16.3 Å². The summed E-state index contributed by atoms with van der Waals surface area (Å²) < 4.78 is 7.12. The lowest BCUT2D eigenvalue weighted by molar-refractivity contribution is -0.139. The number of carbonyl (C=O) groups excluding carboxylic acids is 2. The number of aromatic nitrogens is 1. The molecule has 0 amide bonds. The molecule has 0 saturated carbocycles. The molecule has 0 fully saturated rings. The maximum absolute atomic E-state index is 13.1. The van der Waals surface area contributed by atoms with Crippen LogP contribution in [0.5, 0.6) is 5.75 Å². The minimum atomic E-state index is -0.433. The Bertz CT molecular complexity index is 1020. The highest BCUT2D eigenvalue weighted by Crippen LogP contribution is 2.35. The van der Waals surface area contributed by atoms with E-state index >= 15 is 0 Å². The second kappa shape index (κ2) is 7.13. The molecular weight excluding hydrogens is 422 g/mol. The first-order valence-electron chi connectivity index (χ1n) is 7.73. The van der Waals surface area contributed by atoms with Crippen molar-refractivity contribution in [1.29, 1.82) is 0 Å². The molecule has 0 saturated heterocycles. The van der Waals surface area contributed by atoms with Crippen LogP contribution >= 0.6 is 27.5 Å². The van der Waals surface area contributed by atoms with Crippen LogP contribution in [0.15, 0.2) is 40.9 Å². The summed E-state index contributed by atoms with van der Waals surface area (Å²) in [5, 5.41) is 10.7. The summed E-state index contributed by atoms with van der Waals surface area (Å²) in [4.78, 5) is 24.9. The van der Waals surface area contributed by atoms with E-state index in [0.29, 0.717) is 27.7 Å². The van der Waals surface area contributed by atoms with Gasteiger partial charge in [-0.1, -0.05) is 27.5 Å². The number of aromatic hydroxyl groups is 1. The third-order valence-electron chi connectivity index (χ3n) is 4.25. The molecule has 0 unspecified atom stereocenters. The third-order valence-corrected chi connectivity index (χ3v) is 5.08. The Morgan fingerprint density at radius 1 is 1.23 bits per heavy atom. The molecule has 0 atom stereocenters. The van der Waals surface area contributed by atoms with Gasteiger partial charge >= 0.3 is 5.97 Å².